The van der Waals surface area contributed by atoms with E-state index in [0.29, 0.717) is 25.7 Å². The highest BCUT2D eigenvalue weighted by molar-refractivity contribution is 8.00. The van der Waals surface area contributed by atoms with Crippen LogP contribution in [0.1, 0.15) is 37.7 Å². The molecule has 35 heavy (non-hydrogen) atoms. The number of hydrogen-bond acceptors (Lipinski definition) is 7. The summed E-state index contributed by atoms with van der Waals surface area (Å²) in [6.07, 6.45) is 7.68. The molecule has 1 aromatic heterocycles. The number of nitrogens with two attached hydrogens (primary N) is 1. The lowest BCUT2D eigenvalue weighted by atomic mass is 9.80. The second-order valence-corrected chi connectivity index (χ2v) is 12.0. The molecule has 186 valence electrons. The largest absolute Gasteiger partial charge is 0.369 e. The third kappa shape index (κ3) is 7.80. The van der Waals surface area contributed by atoms with Crippen molar-refractivity contribution in [2.75, 3.05) is 12.3 Å². The van der Waals surface area contributed by atoms with Gasteiger partial charge in [-0.3, -0.25) is 14.6 Å². The SMILES string of the molecule is N#CCNC(=O)[C@H]1CCCC[C@@H]1CS(=O)(=O)c1ccc(SC(CCc2ccncc2)C(N)=O)cc1. The van der Waals surface area contributed by atoms with Crippen LogP contribution < -0.4 is 11.1 Å². The first-order valence-electron chi connectivity index (χ1n) is 11.6. The first kappa shape index (κ1) is 26.7. The minimum atomic E-state index is -3.61. The van der Waals surface area contributed by atoms with E-state index in [0.717, 1.165) is 23.3 Å². The van der Waals surface area contributed by atoms with Gasteiger partial charge >= 0.3 is 0 Å². The van der Waals surface area contributed by atoms with E-state index in [-0.39, 0.29) is 29.0 Å². The molecule has 1 saturated carbocycles. The first-order valence-corrected chi connectivity index (χ1v) is 14.2. The van der Waals surface area contributed by atoms with E-state index in [1.54, 1.807) is 36.7 Å². The number of amides is 2. The van der Waals surface area contributed by atoms with Gasteiger partial charge in [0, 0.05) is 23.2 Å². The molecule has 8 nitrogen and oxygen atoms in total. The minimum absolute atomic E-state index is 0.0806. The van der Waals surface area contributed by atoms with Crippen molar-refractivity contribution in [3.8, 4) is 6.07 Å². The van der Waals surface area contributed by atoms with Gasteiger partial charge in [-0.25, -0.2) is 8.42 Å². The van der Waals surface area contributed by atoms with Crippen LogP contribution in [0.25, 0.3) is 0 Å². The quantitative estimate of drug-likeness (QED) is 0.347. The second kappa shape index (κ2) is 12.7. The number of sulfone groups is 1. The summed E-state index contributed by atoms with van der Waals surface area (Å²) < 4.78 is 26.2. The number of benzene rings is 1. The monoisotopic (exact) mass is 514 g/mol. The Morgan fingerprint density at radius 3 is 2.49 bits per heavy atom. The maximum absolute atomic E-state index is 13.1. The number of carbonyl (C=O) groups is 2. The summed E-state index contributed by atoms with van der Waals surface area (Å²) in [6.45, 7) is -0.0806. The van der Waals surface area contributed by atoms with E-state index in [2.05, 4.69) is 10.3 Å². The highest BCUT2D eigenvalue weighted by Gasteiger charge is 2.34. The smallest absolute Gasteiger partial charge is 0.230 e. The van der Waals surface area contributed by atoms with E-state index in [4.69, 9.17) is 11.0 Å². The van der Waals surface area contributed by atoms with Crippen LogP contribution in [0.15, 0.2) is 58.6 Å². The number of nitrogens with zero attached hydrogens (tertiary/aromatic N) is 2. The molecule has 0 saturated heterocycles. The van der Waals surface area contributed by atoms with Crippen molar-refractivity contribution in [2.45, 2.75) is 53.6 Å². The van der Waals surface area contributed by atoms with Crippen LogP contribution in [0, 0.1) is 23.2 Å². The Labute approximate surface area is 210 Å². The molecule has 1 heterocycles. The molecule has 0 aliphatic heterocycles. The van der Waals surface area contributed by atoms with Crippen LogP contribution in [-0.2, 0) is 25.8 Å². The summed E-state index contributed by atoms with van der Waals surface area (Å²) >= 11 is 1.32. The van der Waals surface area contributed by atoms with E-state index in [9.17, 15) is 18.0 Å². The van der Waals surface area contributed by atoms with Gasteiger partial charge in [-0.2, -0.15) is 5.26 Å². The van der Waals surface area contributed by atoms with Gasteiger partial charge in [0.1, 0.15) is 6.54 Å². The molecule has 3 rings (SSSR count). The van der Waals surface area contributed by atoms with Gasteiger partial charge in [-0.15, -0.1) is 11.8 Å². The van der Waals surface area contributed by atoms with Crippen LogP contribution >= 0.6 is 11.8 Å². The van der Waals surface area contributed by atoms with Crippen molar-refractivity contribution in [1.82, 2.24) is 10.3 Å². The van der Waals surface area contributed by atoms with Gasteiger partial charge in [0.15, 0.2) is 9.84 Å². The molecule has 0 radical (unpaired) electrons. The van der Waals surface area contributed by atoms with Crippen molar-refractivity contribution in [2.24, 2.45) is 17.6 Å². The van der Waals surface area contributed by atoms with E-state index in [1.165, 1.54) is 11.8 Å². The van der Waals surface area contributed by atoms with Crippen molar-refractivity contribution in [1.29, 1.82) is 5.26 Å². The maximum atomic E-state index is 13.1. The topological polar surface area (TPSA) is 143 Å². The summed E-state index contributed by atoms with van der Waals surface area (Å²) in [5.41, 5.74) is 6.67. The Kier molecular flexibility index (Phi) is 9.69. The molecule has 10 heteroatoms. The number of aromatic nitrogens is 1. The molecule has 2 amide bonds. The third-order valence-corrected chi connectivity index (χ3v) is 9.40. The van der Waals surface area contributed by atoms with Gasteiger partial charge in [-0.1, -0.05) is 12.8 Å². The number of carbonyl (C=O) groups excluding carboxylic acids is 2. The van der Waals surface area contributed by atoms with Gasteiger partial charge in [0.25, 0.3) is 0 Å². The van der Waals surface area contributed by atoms with Crippen molar-refractivity contribution in [3.05, 3.63) is 54.4 Å². The number of hydrogen-bond donors (Lipinski definition) is 2. The Balaban J connectivity index is 1.64. The molecule has 1 unspecified atom stereocenters. The van der Waals surface area contributed by atoms with E-state index >= 15 is 0 Å². The molecule has 1 aromatic carbocycles. The van der Waals surface area contributed by atoms with Crippen LogP contribution in [-0.4, -0.2) is 42.8 Å². The lowest BCUT2D eigenvalue weighted by molar-refractivity contribution is -0.127. The average Bonchev–Trinajstić information content (AvgIpc) is 2.86. The fourth-order valence-corrected chi connectivity index (χ4v) is 7.06. The molecule has 1 aliphatic carbocycles. The van der Waals surface area contributed by atoms with E-state index in [1.807, 2.05) is 18.2 Å². The van der Waals surface area contributed by atoms with Gasteiger partial charge in [-0.05, 0) is 73.6 Å². The zero-order valence-electron chi connectivity index (χ0n) is 19.4. The molecule has 0 bridgehead atoms. The lowest BCUT2D eigenvalue weighted by Crippen LogP contribution is -2.39. The predicted octanol–water partition coefficient (Wildman–Crippen LogP) is 2.88. The number of nitriles is 1. The molecular weight excluding hydrogens is 484 g/mol. The normalized spacial score (nSPS) is 18.8. The fraction of sp³-hybridized carbons (Fsp3) is 0.440. The number of aryl methyl sites for hydroxylation is 1. The minimum Gasteiger partial charge on any atom is -0.369 e. The molecule has 2 aromatic rings. The Morgan fingerprint density at radius 2 is 1.83 bits per heavy atom. The number of nitrogens with one attached hydrogen (secondary N) is 1. The predicted molar refractivity (Wildman–Crippen MR) is 134 cm³/mol. The third-order valence-electron chi connectivity index (χ3n) is 6.24. The fourth-order valence-electron chi connectivity index (χ4n) is 4.38. The highest BCUT2D eigenvalue weighted by atomic mass is 32.2. The number of primary amides is 1. The van der Waals surface area contributed by atoms with Crippen LogP contribution in [0.3, 0.4) is 0 Å². The Morgan fingerprint density at radius 1 is 1.14 bits per heavy atom. The summed E-state index contributed by atoms with van der Waals surface area (Å²) in [5.74, 6) is -1.46. The van der Waals surface area contributed by atoms with Gasteiger partial charge < -0.3 is 11.1 Å². The van der Waals surface area contributed by atoms with Crippen LogP contribution in [0.5, 0.6) is 0 Å². The van der Waals surface area contributed by atoms with Crippen molar-refractivity contribution in [3.63, 3.8) is 0 Å². The maximum Gasteiger partial charge on any atom is 0.230 e. The lowest BCUT2D eigenvalue weighted by Gasteiger charge is -2.30. The van der Waals surface area contributed by atoms with Crippen LogP contribution in [0.2, 0.25) is 0 Å². The van der Waals surface area contributed by atoms with Crippen molar-refractivity contribution >= 4 is 33.4 Å². The first-order chi connectivity index (χ1) is 16.8. The number of thioether (sulfide) groups is 1. The van der Waals surface area contributed by atoms with E-state index < -0.39 is 26.9 Å². The summed E-state index contributed by atoms with van der Waals surface area (Å²) in [7, 11) is -3.61. The van der Waals surface area contributed by atoms with Gasteiger partial charge in [0.2, 0.25) is 11.8 Å². The van der Waals surface area contributed by atoms with Crippen LogP contribution in [0.4, 0.5) is 0 Å². The molecular formula is C25H30N4O4S2. The zero-order chi connectivity index (χ0) is 25.3. The summed E-state index contributed by atoms with van der Waals surface area (Å²) in [4.78, 5) is 29.3. The second-order valence-electron chi connectivity index (χ2n) is 8.68. The Bertz CT molecular complexity index is 1150. The number of pyridine rings is 1. The van der Waals surface area contributed by atoms with Crippen molar-refractivity contribution < 1.29 is 18.0 Å². The average molecular weight is 515 g/mol. The summed E-state index contributed by atoms with van der Waals surface area (Å²) in [6, 6.07) is 12.2. The summed E-state index contributed by atoms with van der Waals surface area (Å²) in [5, 5.41) is 10.8. The molecule has 3 atom stereocenters. The Hall–Kier alpha value is -2.90. The molecule has 0 spiro atoms. The zero-order valence-corrected chi connectivity index (χ0v) is 21.1. The highest BCUT2D eigenvalue weighted by Crippen LogP contribution is 2.33. The molecule has 1 aliphatic rings. The van der Waals surface area contributed by atoms with Gasteiger partial charge in [0.05, 0.1) is 22.0 Å². The number of rotatable bonds is 11. The molecule has 3 N–H and O–H groups in total. The molecule has 1 fully saturated rings. The standard InChI is InChI=1S/C25H30N4O4S2/c26-13-16-29-25(31)22-4-2-1-3-19(22)17-35(32,33)21-8-6-20(7-9-21)34-23(24(27)30)10-5-18-11-14-28-15-12-18/h6-9,11-12,14-15,19,22-23H,1-5,10,16-17H2,(H2,27,30)(H,29,31)/t19-,22+,23?/m1/s1.